The Morgan fingerprint density at radius 2 is 1.54 bits per heavy atom. The van der Waals surface area contributed by atoms with E-state index < -0.39 is 17.7 Å². The Morgan fingerprint density at radius 1 is 0.929 bits per heavy atom. The Bertz CT molecular complexity index is 929. The minimum atomic E-state index is -4.34. The molecule has 0 spiro atoms. The van der Waals surface area contributed by atoms with E-state index in [0.29, 0.717) is 22.8 Å². The summed E-state index contributed by atoms with van der Waals surface area (Å²) in [5.41, 5.74) is 0.838. The lowest BCUT2D eigenvalue weighted by Crippen LogP contribution is -2.03. The molecular weight excluding hydrogens is 389 g/mol. The first-order chi connectivity index (χ1) is 13.3. The normalized spacial score (nSPS) is 11.4. The fraction of sp³-hybridized carbons (Fsp3) is 0.190. The molecule has 2 aromatic carbocycles. The third kappa shape index (κ3) is 5.13. The predicted octanol–water partition coefficient (Wildman–Crippen LogP) is 6.14. The number of carboxylic acid groups (broad SMARTS) is 1. The Kier molecular flexibility index (Phi) is 6.04. The van der Waals surface area contributed by atoms with E-state index in [1.165, 1.54) is 23.5 Å². The lowest BCUT2D eigenvalue weighted by Gasteiger charge is -2.09. The number of carbonyl (C=O) groups is 1. The van der Waals surface area contributed by atoms with Gasteiger partial charge < -0.3 is 9.84 Å². The van der Waals surface area contributed by atoms with Crippen LogP contribution in [0.5, 0.6) is 5.75 Å². The van der Waals surface area contributed by atoms with Gasteiger partial charge in [0.05, 0.1) is 12.2 Å². The van der Waals surface area contributed by atoms with Crippen LogP contribution in [0.2, 0.25) is 0 Å². The maximum Gasteiger partial charge on any atom is 0.416 e. The van der Waals surface area contributed by atoms with Crippen molar-refractivity contribution in [3.8, 4) is 16.9 Å². The average molecular weight is 406 g/mol. The van der Waals surface area contributed by atoms with Crippen LogP contribution in [0.1, 0.15) is 26.5 Å². The van der Waals surface area contributed by atoms with Crippen molar-refractivity contribution in [2.75, 3.05) is 6.61 Å². The Labute approximate surface area is 164 Å². The first-order valence-electron chi connectivity index (χ1n) is 8.55. The molecule has 1 N–H and O–H groups in total. The summed E-state index contributed by atoms with van der Waals surface area (Å²) in [6.45, 7) is 0.486. The molecule has 0 aliphatic heterocycles. The monoisotopic (exact) mass is 406 g/mol. The number of hydrogen-bond donors (Lipinski definition) is 1. The molecule has 0 radical (unpaired) electrons. The summed E-state index contributed by atoms with van der Waals surface area (Å²) in [5, 5.41) is 8.91. The number of carboxylic acids is 1. The van der Waals surface area contributed by atoms with E-state index in [1.54, 1.807) is 30.3 Å². The number of aryl methyl sites for hydroxylation is 1. The number of ether oxygens (including phenoxy) is 1. The molecule has 0 aliphatic carbocycles. The van der Waals surface area contributed by atoms with Crippen molar-refractivity contribution in [1.82, 2.24) is 0 Å². The van der Waals surface area contributed by atoms with Gasteiger partial charge in [-0.3, -0.25) is 0 Å². The largest absolute Gasteiger partial charge is 0.494 e. The summed E-state index contributed by atoms with van der Waals surface area (Å²) >= 11 is 1.26. The fourth-order valence-electron chi connectivity index (χ4n) is 2.66. The molecule has 0 saturated heterocycles. The standard InChI is InChI=1S/C21H17F3O3S/c22-21(23,24)16-7-3-14(4-8-16)15-5-9-17(10-6-15)27-13-1-2-18-11-12-19(28-18)20(25)26/h3-12H,1-2,13H2,(H,25,26). The van der Waals surface area contributed by atoms with Crippen LogP contribution >= 0.6 is 11.3 Å². The van der Waals surface area contributed by atoms with E-state index in [9.17, 15) is 18.0 Å². The molecule has 3 nitrogen and oxygen atoms in total. The van der Waals surface area contributed by atoms with E-state index in [-0.39, 0.29) is 0 Å². The zero-order valence-electron chi connectivity index (χ0n) is 14.7. The van der Waals surface area contributed by atoms with Crippen LogP contribution in [-0.4, -0.2) is 17.7 Å². The summed E-state index contributed by atoms with van der Waals surface area (Å²) in [6.07, 6.45) is -2.85. The molecule has 0 unspecified atom stereocenters. The Morgan fingerprint density at radius 3 is 2.07 bits per heavy atom. The molecule has 3 rings (SSSR count). The molecule has 146 valence electrons. The molecule has 0 bridgehead atoms. The maximum absolute atomic E-state index is 12.6. The van der Waals surface area contributed by atoms with Crippen molar-refractivity contribution in [2.45, 2.75) is 19.0 Å². The fourth-order valence-corrected chi connectivity index (χ4v) is 3.55. The molecule has 0 atom stereocenters. The van der Waals surface area contributed by atoms with E-state index >= 15 is 0 Å². The molecular formula is C21H17F3O3S. The minimum absolute atomic E-state index is 0.328. The van der Waals surface area contributed by atoms with E-state index in [1.807, 2.05) is 6.07 Å². The van der Waals surface area contributed by atoms with Gasteiger partial charge in [-0.15, -0.1) is 11.3 Å². The van der Waals surface area contributed by atoms with Gasteiger partial charge in [-0.1, -0.05) is 24.3 Å². The highest BCUT2D eigenvalue weighted by Crippen LogP contribution is 2.31. The van der Waals surface area contributed by atoms with Crippen molar-refractivity contribution >= 4 is 17.3 Å². The van der Waals surface area contributed by atoms with Gasteiger partial charge in [-0.05, 0) is 60.4 Å². The second-order valence-corrected chi connectivity index (χ2v) is 7.29. The predicted molar refractivity (Wildman–Crippen MR) is 102 cm³/mol. The molecule has 7 heteroatoms. The topological polar surface area (TPSA) is 46.5 Å². The third-order valence-electron chi connectivity index (χ3n) is 4.11. The molecule has 1 heterocycles. The van der Waals surface area contributed by atoms with E-state index in [2.05, 4.69) is 0 Å². The van der Waals surface area contributed by atoms with Crippen molar-refractivity contribution in [1.29, 1.82) is 0 Å². The number of hydrogen-bond acceptors (Lipinski definition) is 3. The van der Waals surface area contributed by atoms with Gasteiger partial charge in [0.2, 0.25) is 0 Å². The number of thiophene rings is 1. The van der Waals surface area contributed by atoms with Crippen LogP contribution in [0, 0.1) is 0 Å². The van der Waals surface area contributed by atoms with Crippen molar-refractivity contribution < 1.29 is 27.8 Å². The van der Waals surface area contributed by atoms with Crippen molar-refractivity contribution in [3.63, 3.8) is 0 Å². The maximum atomic E-state index is 12.6. The third-order valence-corrected chi connectivity index (χ3v) is 5.24. The summed E-state index contributed by atoms with van der Waals surface area (Å²) in [5.74, 6) is -0.242. The van der Waals surface area contributed by atoms with Crippen LogP contribution in [-0.2, 0) is 12.6 Å². The summed E-state index contributed by atoms with van der Waals surface area (Å²) in [4.78, 5) is 12.2. The highest BCUT2D eigenvalue weighted by molar-refractivity contribution is 7.13. The smallest absolute Gasteiger partial charge is 0.416 e. The van der Waals surface area contributed by atoms with Gasteiger partial charge >= 0.3 is 12.1 Å². The first kappa shape index (κ1) is 19.9. The molecule has 1 aromatic heterocycles. The van der Waals surface area contributed by atoms with Gasteiger partial charge in [0.15, 0.2) is 0 Å². The van der Waals surface area contributed by atoms with Crippen molar-refractivity contribution in [2.24, 2.45) is 0 Å². The molecule has 0 fully saturated rings. The average Bonchev–Trinajstić information content (AvgIpc) is 3.15. The molecule has 3 aromatic rings. The Hall–Kier alpha value is -2.80. The second kappa shape index (κ2) is 8.48. The molecule has 0 amide bonds. The molecule has 0 saturated carbocycles. The van der Waals surface area contributed by atoms with Crippen LogP contribution < -0.4 is 4.74 Å². The van der Waals surface area contributed by atoms with E-state index in [4.69, 9.17) is 9.84 Å². The van der Waals surface area contributed by atoms with Gasteiger partial charge in [0, 0.05) is 4.88 Å². The van der Waals surface area contributed by atoms with Gasteiger partial charge in [0.1, 0.15) is 10.6 Å². The summed E-state index contributed by atoms with van der Waals surface area (Å²) in [6, 6.07) is 15.6. The van der Waals surface area contributed by atoms with Crippen molar-refractivity contribution in [3.05, 3.63) is 76.0 Å². The summed E-state index contributed by atoms with van der Waals surface area (Å²) < 4.78 is 43.6. The number of aromatic carboxylic acids is 1. The zero-order chi connectivity index (χ0) is 20.1. The quantitative estimate of drug-likeness (QED) is 0.479. The van der Waals surface area contributed by atoms with Crippen LogP contribution in [0.4, 0.5) is 13.2 Å². The van der Waals surface area contributed by atoms with Crippen LogP contribution in [0.3, 0.4) is 0 Å². The number of benzene rings is 2. The van der Waals surface area contributed by atoms with E-state index in [0.717, 1.165) is 35.4 Å². The van der Waals surface area contributed by atoms with Crippen LogP contribution in [0.25, 0.3) is 11.1 Å². The number of halogens is 3. The minimum Gasteiger partial charge on any atom is -0.494 e. The zero-order valence-corrected chi connectivity index (χ0v) is 15.5. The van der Waals surface area contributed by atoms with Crippen LogP contribution in [0.15, 0.2) is 60.7 Å². The molecule has 0 aliphatic rings. The van der Waals surface area contributed by atoms with Gasteiger partial charge in [0.25, 0.3) is 0 Å². The lowest BCUT2D eigenvalue weighted by atomic mass is 10.0. The first-order valence-corrected chi connectivity index (χ1v) is 9.37. The Balaban J connectivity index is 1.51. The number of alkyl halides is 3. The second-order valence-electron chi connectivity index (χ2n) is 6.12. The van der Waals surface area contributed by atoms with Gasteiger partial charge in [-0.2, -0.15) is 13.2 Å². The lowest BCUT2D eigenvalue weighted by molar-refractivity contribution is -0.137. The van der Waals surface area contributed by atoms with Gasteiger partial charge in [-0.25, -0.2) is 4.79 Å². The SMILES string of the molecule is O=C(O)c1ccc(CCCOc2ccc(-c3ccc(C(F)(F)F)cc3)cc2)s1. The highest BCUT2D eigenvalue weighted by atomic mass is 32.1. The highest BCUT2D eigenvalue weighted by Gasteiger charge is 2.29. The molecule has 28 heavy (non-hydrogen) atoms. The summed E-state index contributed by atoms with van der Waals surface area (Å²) in [7, 11) is 0. The number of rotatable bonds is 7.